The van der Waals surface area contributed by atoms with Crippen LogP contribution < -0.4 is 14.8 Å². The highest BCUT2D eigenvalue weighted by Gasteiger charge is 2.16. The standard InChI is InChI=1S/C20H25N5O2/c1-5-7-10-27-18-12-17(24-25-9-8-22-20(18)25)15-11-16(14(3)21-6-2)23-13-19(15)26-4/h5,8-9,11-14,21H,1,6-7,10H2,2-4H3/t14-/m1/s1. The summed E-state index contributed by atoms with van der Waals surface area (Å²) in [4.78, 5) is 8.85. The summed E-state index contributed by atoms with van der Waals surface area (Å²) >= 11 is 0. The van der Waals surface area contributed by atoms with Crippen molar-refractivity contribution in [1.82, 2.24) is 24.9 Å². The lowest BCUT2D eigenvalue weighted by Crippen LogP contribution is -2.18. The van der Waals surface area contributed by atoms with E-state index in [1.54, 1.807) is 30.2 Å². The summed E-state index contributed by atoms with van der Waals surface area (Å²) in [6.07, 6.45) is 7.82. The van der Waals surface area contributed by atoms with Gasteiger partial charge in [0.05, 0.1) is 31.3 Å². The van der Waals surface area contributed by atoms with Crippen molar-refractivity contribution in [1.29, 1.82) is 0 Å². The molecule has 0 radical (unpaired) electrons. The van der Waals surface area contributed by atoms with Crippen molar-refractivity contribution in [2.24, 2.45) is 0 Å². The molecule has 0 amide bonds. The maximum Gasteiger partial charge on any atom is 0.196 e. The lowest BCUT2D eigenvalue weighted by atomic mass is 10.1. The Morgan fingerprint density at radius 2 is 2.15 bits per heavy atom. The predicted octanol–water partition coefficient (Wildman–Crippen LogP) is 3.43. The number of methoxy groups -OCH3 is 1. The SMILES string of the molecule is C=CCCOc1cc(-c2cc([C@@H](C)NCC)ncc2OC)nn2ccnc12. The summed E-state index contributed by atoms with van der Waals surface area (Å²) in [6.45, 7) is 9.28. The molecular formula is C20H25N5O2. The molecule has 0 saturated carbocycles. The molecule has 0 fully saturated rings. The van der Waals surface area contributed by atoms with Crippen LogP contribution in [0.1, 0.15) is 32.0 Å². The van der Waals surface area contributed by atoms with Crippen molar-refractivity contribution in [3.63, 3.8) is 0 Å². The van der Waals surface area contributed by atoms with E-state index in [4.69, 9.17) is 9.47 Å². The average molecular weight is 367 g/mol. The summed E-state index contributed by atoms with van der Waals surface area (Å²) in [5.74, 6) is 1.33. The van der Waals surface area contributed by atoms with E-state index in [0.29, 0.717) is 23.8 Å². The molecule has 7 nitrogen and oxygen atoms in total. The van der Waals surface area contributed by atoms with E-state index in [2.05, 4.69) is 40.8 Å². The predicted molar refractivity (Wildman–Crippen MR) is 105 cm³/mol. The maximum absolute atomic E-state index is 5.91. The summed E-state index contributed by atoms with van der Waals surface area (Å²) < 4.78 is 13.1. The lowest BCUT2D eigenvalue weighted by Gasteiger charge is -2.15. The summed E-state index contributed by atoms with van der Waals surface area (Å²) in [5.41, 5.74) is 3.20. The molecule has 7 heteroatoms. The first kappa shape index (κ1) is 18.8. The number of ether oxygens (including phenoxy) is 2. The molecule has 3 aromatic rings. The van der Waals surface area contributed by atoms with Gasteiger partial charge >= 0.3 is 0 Å². The van der Waals surface area contributed by atoms with Gasteiger partial charge in [-0.3, -0.25) is 4.98 Å². The smallest absolute Gasteiger partial charge is 0.196 e. The monoisotopic (exact) mass is 367 g/mol. The van der Waals surface area contributed by atoms with Crippen LogP contribution in [0.5, 0.6) is 11.5 Å². The second-order valence-corrected chi connectivity index (χ2v) is 6.10. The molecule has 0 bridgehead atoms. The fraction of sp³-hybridized carbons (Fsp3) is 0.350. The summed E-state index contributed by atoms with van der Waals surface area (Å²) in [7, 11) is 1.63. The highest BCUT2D eigenvalue weighted by molar-refractivity contribution is 5.70. The minimum Gasteiger partial charge on any atom is -0.494 e. The first-order chi connectivity index (χ1) is 13.2. The van der Waals surface area contributed by atoms with Gasteiger partial charge in [-0.15, -0.1) is 6.58 Å². The normalized spacial score (nSPS) is 12.1. The van der Waals surface area contributed by atoms with Crippen LogP contribution in [-0.4, -0.2) is 39.8 Å². The van der Waals surface area contributed by atoms with E-state index in [9.17, 15) is 0 Å². The Balaban J connectivity index is 2.07. The molecule has 3 heterocycles. The molecule has 0 aliphatic carbocycles. The van der Waals surface area contributed by atoms with E-state index in [1.165, 1.54) is 0 Å². The van der Waals surface area contributed by atoms with Gasteiger partial charge in [0, 0.05) is 30.1 Å². The van der Waals surface area contributed by atoms with Gasteiger partial charge in [0.2, 0.25) is 0 Å². The third-order valence-electron chi connectivity index (χ3n) is 4.24. The zero-order chi connectivity index (χ0) is 19.2. The van der Waals surface area contributed by atoms with Gasteiger partial charge in [0.25, 0.3) is 0 Å². The number of hydrogen-bond donors (Lipinski definition) is 1. The van der Waals surface area contributed by atoms with Gasteiger partial charge in [0.1, 0.15) is 5.75 Å². The maximum atomic E-state index is 5.91. The molecule has 0 aliphatic rings. The molecule has 1 atom stereocenters. The Kier molecular flexibility index (Phi) is 6.03. The van der Waals surface area contributed by atoms with Gasteiger partial charge in [-0.2, -0.15) is 5.10 Å². The van der Waals surface area contributed by atoms with Gasteiger partial charge in [-0.05, 0) is 26.0 Å². The molecule has 0 saturated heterocycles. The summed E-state index contributed by atoms with van der Waals surface area (Å²) in [5, 5.41) is 8.05. The number of rotatable bonds is 9. The fourth-order valence-corrected chi connectivity index (χ4v) is 2.85. The molecule has 0 aliphatic heterocycles. The topological polar surface area (TPSA) is 73.6 Å². The zero-order valence-corrected chi connectivity index (χ0v) is 16.0. The second kappa shape index (κ2) is 8.64. The number of aromatic nitrogens is 4. The van der Waals surface area contributed by atoms with E-state index >= 15 is 0 Å². The average Bonchev–Trinajstić information content (AvgIpc) is 3.16. The quantitative estimate of drug-likeness (QED) is 0.461. The first-order valence-electron chi connectivity index (χ1n) is 9.03. The minimum absolute atomic E-state index is 0.125. The Bertz CT molecular complexity index is 922. The molecular weight excluding hydrogens is 342 g/mol. The number of imidazole rings is 1. The van der Waals surface area contributed by atoms with E-state index in [-0.39, 0.29) is 6.04 Å². The van der Waals surface area contributed by atoms with Crippen LogP contribution >= 0.6 is 0 Å². The molecule has 142 valence electrons. The largest absolute Gasteiger partial charge is 0.494 e. The van der Waals surface area contributed by atoms with E-state index in [0.717, 1.165) is 29.9 Å². The van der Waals surface area contributed by atoms with Gasteiger partial charge in [0.15, 0.2) is 11.4 Å². The third kappa shape index (κ3) is 4.09. The van der Waals surface area contributed by atoms with Crippen molar-refractivity contribution in [3.05, 3.63) is 49.1 Å². The van der Waals surface area contributed by atoms with Crippen LogP contribution in [0, 0.1) is 0 Å². The molecule has 0 unspecified atom stereocenters. The van der Waals surface area contributed by atoms with Gasteiger partial charge in [-0.25, -0.2) is 9.50 Å². The fourth-order valence-electron chi connectivity index (χ4n) is 2.85. The Morgan fingerprint density at radius 3 is 2.89 bits per heavy atom. The highest BCUT2D eigenvalue weighted by atomic mass is 16.5. The number of nitrogens with zero attached hydrogens (tertiary/aromatic N) is 4. The number of fused-ring (bicyclic) bond motifs is 1. The molecule has 0 spiro atoms. The first-order valence-corrected chi connectivity index (χ1v) is 9.03. The minimum atomic E-state index is 0.125. The van der Waals surface area contributed by atoms with Crippen LogP contribution in [0.3, 0.4) is 0 Å². The van der Waals surface area contributed by atoms with E-state index in [1.807, 2.05) is 18.2 Å². The molecule has 0 aromatic carbocycles. The summed E-state index contributed by atoms with van der Waals surface area (Å²) in [6, 6.07) is 4.02. The van der Waals surface area contributed by atoms with Crippen LogP contribution in [0.15, 0.2) is 43.4 Å². The van der Waals surface area contributed by atoms with Crippen LogP contribution in [-0.2, 0) is 0 Å². The molecule has 1 N–H and O–H groups in total. The number of pyridine rings is 1. The molecule has 3 rings (SSSR count). The number of hydrogen-bond acceptors (Lipinski definition) is 6. The second-order valence-electron chi connectivity index (χ2n) is 6.10. The Morgan fingerprint density at radius 1 is 1.30 bits per heavy atom. The van der Waals surface area contributed by atoms with Gasteiger partial charge < -0.3 is 14.8 Å². The van der Waals surface area contributed by atoms with E-state index < -0.39 is 0 Å². The van der Waals surface area contributed by atoms with Gasteiger partial charge in [-0.1, -0.05) is 13.0 Å². The Hall–Kier alpha value is -2.93. The van der Waals surface area contributed by atoms with Crippen molar-refractivity contribution >= 4 is 5.65 Å². The molecule has 3 aromatic heterocycles. The van der Waals surface area contributed by atoms with Crippen molar-refractivity contribution in [2.75, 3.05) is 20.3 Å². The van der Waals surface area contributed by atoms with Crippen molar-refractivity contribution < 1.29 is 9.47 Å². The highest BCUT2D eigenvalue weighted by Crippen LogP contribution is 2.33. The van der Waals surface area contributed by atoms with Crippen LogP contribution in [0.2, 0.25) is 0 Å². The Labute approximate surface area is 159 Å². The van der Waals surface area contributed by atoms with Crippen molar-refractivity contribution in [3.8, 4) is 22.8 Å². The third-order valence-corrected chi connectivity index (χ3v) is 4.24. The zero-order valence-electron chi connectivity index (χ0n) is 16.0. The van der Waals surface area contributed by atoms with Crippen molar-refractivity contribution in [2.45, 2.75) is 26.3 Å². The number of nitrogens with one attached hydrogen (secondary N) is 1. The van der Waals surface area contributed by atoms with Crippen LogP contribution in [0.25, 0.3) is 16.9 Å². The lowest BCUT2D eigenvalue weighted by molar-refractivity contribution is 0.326. The van der Waals surface area contributed by atoms with Crippen LogP contribution in [0.4, 0.5) is 0 Å². The molecule has 27 heavy (non-hydrogen) atoms.